The number of morpholine rings is 1. The Balaban J connectivity index is 0.00000288. The molecule has 1 aromatic rings. The average Bonchev–Trinajstić information content (AvgIpc) is 2.56. The molecule has 1 N–H and O–H groups in total. The molecule has 0 spiro atoms. The van der Waals surface area contributed by atoms with Crippen molar-refractivity contribution in [2.24, 2.45) is 0 Å². The molecule has 0 aromatic heterocycles. The molecule has 1 heterocycles. The molecule has 5 nitrogen and oxygen atoms in total. The smallest absolute Gasteiger partial charge is 0.225 e. The van der Waals surface area contributed by atoms with Gasteiger partial charge in [-0.1, -0.05) is 18.2 Å². The lowest BCUT2D eigenvalue weighted by molar-refractivity contribution is -0.134. The molecular weight excluding hydrogens is 328 g/mol. The number of nitrogens with zero attached hydrogens (tertiary/aromatic N) is 1. The molecule has 134 valence electrons. The van der Waals surface area contributed by atoms with E-state index in [2.05, 4.69) is 11.9 Å². The maximum Gasteiger partial charge on any atom is 0.225 e. The largest absolute Gasteiger partial charge is 0.494 e. The fourth-order valence-corrected chi connectivity index (χ4v) is 2.61. The van der Waals surface area contributed by atoms with Crippen LogP contribution in [-0.4, -0.2) is 49.8 Å². The number of carbonyl (C=O) groups excluding carboxylic acids is 1. The third-order valence-corrected chi connectivity index (χ3v) is 3.69. The van der Waals surface area contributed by atoms with Crippen molar-refractivity contribution in [3.63, 3.8) is 0 Å². The topological polar surface area (TPSA) is 50.8 Å². The van der Waals surface area contributed by atoms with E-state index in [9.17, 15) is 4.79 Å². The molecule has 0 bridgehead atoms. The first-order valence-electron chi connectivity index (χ1n) is 8.15. The van der Waals surface area contributed by atoms with Crippen LogP contribution in [0, 0.1) is 0 Å². The van der Waals surface area contributed by atoms with Crippen LogP contribution in [0.1, 0.15) is 18.9 Å². The molecule has 1 saturated heterocycles. The van der Waals surface area contributed by atoms with Crippen molar-refractivity contribution in [1.82, 2.24) is 10.2 Å². The van der Waals surface area contributed by atoms with Crippen LogP contribution in [0.4, 0.5) is 0 Å². The van der Waals surface area contributed by atoms with Crippen molar-refractivity contribution < 1.29 is 14.3 Å². The van der Waals surface area contributed by atoms with E-state index in [1.165, 1.54) is 0 Å². The zero-order chi connectivity index (χ0) is 16.5. The lowest BCUT2D eigenvalue weighted by Gasteiger charge is -2.27. The standard InChI is InChI=1S/C18H26N2O3.ClH/c1-3-9-20(18(21)12-17-13-19-8-10-23-17)14-15-6-5-7-16(11-15)22-4-2;/h3,5-7,11,17,19H,1,4,8-10,12-14H2,2H3;1H. The Morgan fingerprint density at radius 2 is 2.38 bits per heavy atom. The van der Waals surface area contributed by atoms with Crippen molar-refractivity contribution in [3.8, 4) is 5.75 Å². The Morgan fingerprint density at radius 1 is 1.54 bits per heavy atom. The number of nitrogens with one attached hydrogen (secondary N) is 1. The van der Waals surface area contributed by atoms with E-state index in [1.54, 1.807) is 11.0 Å². The minimum absolute atomic E-state index is 0. The molecule has 2 rings (SSSR count). The van der Waals surface area contributed by atoms with Gasteiger partial charge in [-0.15, -0.1) is 19.0 Å². The lowest BCUT2D eigenvalue weighted by atomic mass is 10.1. The third-order valence-electron chi connectivity index (χ3n) is 3.69. The van der Waals surface area contributed by atoms with Gasteiger partial charge in [0.15, 0.2) is 0 Å². The van der Waals surface area contributed by atoms with Gasteiger partial charge in [-0.25, -0.2) is 0 Å². The Kier molecular flexibility index (Phi) is 9.45. The molecule has 1 aliphatic heterocycles. The molecule has 0 radical (unpaired) electrons. The monoisotopic (exact) mass is 354 g/mol. The molecule has 1 unspecified atom stereocenters. The lowest BCUT2D eigenvalue weighted by Crippen LogP contribution is -2.42. The molecule has 24 heavy (non-hydrogen) atoms. The number of amides is 1. The Morgan fingerprint density at radius 3 is 3.04 bits per heavy atom. The Labute approximate surface area is 150 Å². The van der Waals surface area contributed by atoms with Gasteiger partial charge in [0.2, 0.25) is 5.91 Å². The zero-order valence-electron chi connectivity index (χ0n) is 14.2. The summed E-state index contributed by atoms with van der Waals surface area (Å²) in [7, 11) is 0. The summed E-state index contributed by atoms with van der Waals surface area (Å²) in [4.78, 5) is 14.4. The minimum Gasteiger partial charge on any atom is -0.494 e. The summed E-state index contributed by atoms with van der Waals surface area (Å²) in [5.41, 5.74) is 1.05. The number of hydrogen-bond donors (Lipinski definition) is 1. The molecule has 1 atom stereocenters. The molecule has 0 aliphatic carbocycles. The number of hydrogen-bond acceptors (Lipinski definition) is 4. The van der Waals surface area contributed by atoms with E-state index < -0.39 is 0 Å². The van der Waals surface area contributed by atoms with Crippen LogP contribution in [-0.2, 0) is 16.1 Å². The van der Waals surface area contributed by atoms with Crippen molar-refractivity contribution in [3.05, 3.63) is 42.5 Å². The molecule has 1 aliphatic rings. The second-order valence-corrected chi connectivity index (χ2v) is 5.54. The fraction of sp³-hybridized carbons (Fsp3) is 0.500. The van der Waals surface area contributed by atoms with Gasteiger partial charge in [0.1, 0.15) is 5.75 Å². The average molecular weight is 355 g/mol. The van der Waals surface area contributed by atoms with Crippen LogP contribution in [0.15, 0.2) is 36.9 Å². The fourth-order valence-electron chi connectivity index (χ4n) is 2.61. The molecular formula is C18H27ClN2O3. The van der Waals surface area contributed by atoms with Crippen molar-refractivity contribution in [1.29, 1.82) is 0 Å². The van der Waals surface area contributed by atoms with E-state index in [-0.39, 0.29) is 24.4 Å². The van der Waals surface area contributed by atoms with Crippen LogP contribution in [0.2, 0.25) is 0 Å². The zero-order valence-corrected chi connectivity index (χ0v) is 15.0. The van der Waals surface area contributed by atoms with Crippen molar-refractivity contribution in [2.75, 3.05) is 32.8 Å². The first kappa shape index (κ1) is 20.5. The van der Waals surface area contributed by atoms with E-state index in [1.807, 2.05) is 31.2 Å². The SMILES string of the molecule is C=CCN(Cc1cccc(OCC)c1)C(=O)CC1CNCCO1.Cl. The number of carbonyl (C=O) groups is 1. The third kappa shape index (κ3) is 6.51. The molecule has 6 heteroatoms. The summed E-state index contributed by atoms with van der Waals surface area (Å²) in [6.45, 7) is 9.66. The highest BCUT2D eigenvalue weighted by molar-refractivity contribution is 5.85. The molecule has 1 fully saturated rings. The maximum absolute atomic E-state index is 12.6. The van der Waals surface area contributed by atoms with Gasteiger partial charge in [-0.3, -0.25) is 4.79 Å². The van der Waals surface area contributed by atoms with Gasteiger partial charge in [-0.05, 0) is 24.6 Å². The predicted molar refractivity (Wildman–Crippen MR) is 97.7 cm³/mol. The summed E-state index contributed by atoms with van der Waals surface area (Å²) >= 11 is 0. The summed E-state index contributed by atoms with van der Waals surface area (Å²) in [6, 6.07) is 7.86. The van der Waals surface area contributed by atoms with Gasteiger partial charge < -0.3 is 19.7 Å². The highest BCUT2D eigenvalue weighted by Crippen LogP contribution is 2.16. The normalized spacial score (nSPS) is 16.8. The van der Waals surface area contributed by atoms with Gasteiger partial charge in [0.05, 0.1) is 25.7 Å². The number of rotatable bonds is 8. The molecule has 1 amide bonds. The predicted octanol–water partition coefficient (Wildman–Crippen LogP) is 2.40. The van der Waals surface area contributed by atoms with Gasteiger partial charge in [0, 0.05) is 26.2 Å². The summed E-state index contributed by atoms with van der Waals surface area (Å²) in [6.07, 6.45) is 2.11. The Bertz CT molecular complexity index is 519. The highest BCUT2D eigenvalue weighted by Gasteiger charge is 2.21. The number of ether oxygens (including phenoxy) is 2. The van der Waals surface area contributed by atoms with Gasteiger partial charge in [0.25, 0.3) is 0 Å². The van der Waals surface area contributed by atoms with Crippen LogP contribution < -0.4 is 10.1 Å². The van der Waals surface area contributed by atoms with Crippen LogP contribution in [0.3, 0.4) is 0 Å². The highest BCUT2D eigenvalue weighted by atomic mass is 35.5. The van der Waals surface area contributed by atoms with Crippen LogP contribution in [0.5, 0.6) is 5.75 Å². The minimum atomic E-state index is -0.0432. The van der Waals surface area contributed by atoms with Crippen molar-refractivity contribution >= 4 is 18.3 Å². The van der Waals surface area contributed by atoms with Gasteiger partial charge >= 0.3 is 0 Å². The van der Waals surface area contributed by atoms with E-state index in [0.29, 0.717) is 32.7 Å². The van der Waals surface area contributed by atoms with Crippen molar-refractivity contribution in [2.45, 2.75) is 26.0 Å². The van der Waals surface area contributed by atoms with E-state index >= 15 is 0 Å². The Hall–Kier alpha value is -1.56. The number of benzene rings is 1. The second-order valence-electron chi connectivity index (χ2n) is 5.54. The van der Waals surface area contributed by atoms with Gasteiger partial charge in [-0.2, -0.15) is 0 Å². The molecule has 1 aromatic carbocycles. The van der Waals surface area contributed by atoms with Crippen LogP contribution in [0.25, 0.3) is 0 Å². The van der Waals surface area contributed by atoms with Crippen LogP contribution >= 0.6 is 12.4 Å². The second kappa shape index (κ2) is 11.1. The first-order chi connectivity index (χ1) is 11.2. The van der Waals surface area contributed by atoms with E-state index in [4.69, 9.17) is 9.47 Å². The number of halogens is 1. The summed E-state index contributed by atoms with van der Waals surface area (Å²) in [5.74, 6) is 0.913. The van der Waals surface area contributed by atoms with E-state index in [0.717, 1.165) is 24.4 Å². The molecule has 0 saturated carbocycles. The summed E-state index contributed by atoms with van der Waals surface area (Å²) in [5, 5.41) is 3.25. The quantitative estimate of drug-likeness (QED) is 0.728. The maximum atomic E-state index is 12.6. The first-order valence-corrected chi connectivity index (χ1v) is 8.15. The summed E-state index contributed by atoms with van der Waals surface area (Å²) < 4.78 is 11.1.